The summed E-state index contributed by atoms with van der Waals surface area (Å²) in [6.45, 7) is 4.11. The molecule has 1 atom stereocenters. The Kier molecular flexibility index (Phi) is 4.90. The highest BCUT2D eigenvalue weighted by Gasteiger charge is 2.26. The molecule has 6 heteroatoms. The molecule has 1 aromatic heterocycles. The minimum Gasteiger partial charge on any atom is -0.350 e. The van der Waals surface area contributed by atoms with Crippen molar-refractivity contribution in [1.29, 1.82) is 0 Å². The van der Waals surface area contributed by atoms with Gasteiger partial charge in [-0.25, -0.2) is 9.37 Å². The number of carbonyl (C=O) groups excluding carboxylic acids is 1. The average molecular weight is 366 g/mol. The van der Waals surface area contributed by atoms with Gasteiger partial charge < -0.3 is 10.3 Å². The Labute approximate surface area is 157 Å². The number of aromatic nitrogens is 2. The SMILES string of the molecule is Cc1nc2ccc(C(=O)NC[C@H](c3ccccc3F)N3CCCC3)cc2[nH]1. The van der Waals surface area contributed by atoms with Crippen LogP contribution in [-0.2, 0) is 0 Å². The van der Waals surface area contributed by atoms with Crippen molar-refractivity contribution < 1.29 is 9.18 Å². The van der Waals surface area contributed by atoms with Gasteiger partial charge in [0.1, 0.15) is 11.6 Å². The summed E-state index contributed by atoms with van der Waals surface area (Å²) in [6.07, 6.45) is 2.21. The number of rotatable bonds is 5. The van der Waals surface area contributed by atoms with Crippen molar-refractivity contribution in [3.63, 3.8) is 0 Å². The van der Waals surface area contributed by atoms with Crippen LogP contribution in [0.2, 0.25) is 0 Å². The zero-order valence-corrected chi connectivity index (χ0v) is 15.3. The van der Waals surface area contributed by atoms with Crippen molar-refractivity contribution in [1.82, 2.24) is 20.2 Å². The lowest BCUT2D eigenvalue weighted by Crippen LogP contribution is -2.37. The lowest BCUT2D eigenvalue weighted by atomic mass is 10.0. The second-order valence-corrected chi connectivity index (χ2v) is 7.04. The first-order valence-corrected chi connectivity index (χ1v) is 9.35. The highest BCUT2D eigenvalue weighted by molar-refractivity contribution is 5.97. The smallest absolute Gasteiger partial charge is 0.251 e. The monoisotopic (exact) mass is 366 g/mol. The van der Waals surface area contributed by atoms with Crippen LogP contribution in [0.5, 0.6) is 0 Å². The molecular formula is C21H23FN4O. The van der Waals surface area contributed by atoms with Gasteiger partial charge in [0.25, 0.3) is 5.91 Å². The molecule has 0 saturated carbocycles. The van der Waals surface area contributed by atoms with Crippen LogP contribution in [0.1, 0.15) is 40.6 Å². The van der Waals surface area contributed by atoms with E-state index in [9.17, 15) is 9.18 Å². The molecule has 1 saturated heterocycles. The van der Waals surface area contributed by atoms with E-state index in [1.54, 1.807) is 18.2 Å². The van der Waals surface area contributed by atoms with Gasteiger partial charge in [0.2, 0.25) is 0 Å². The Bertz CT molecular complexity index is 962. The summed E-state index contributed by atoms with van der Waals surface area (Å²) < 4.78 is 14.4. The van der Waals surface area contributed by atoms with Crippen molar-refractivity contribution >= 4 is 16.9 Å². The number of halogens is 1. The molecule has 1 amide bonds. The van der Waals surface area contributed by atoms with E-state index in [0.29, 0.717) is 17.7 Å². The van der Waals surface area contributed by atoms with Crippen molar-refractivity contribution in [2.75, 3.05) is 19.6 Å². The van der Waals surface area contributed by atoms with Crippen molar-refractivity contribution in [3.05, 3.63) is 65.2 Å². The van der Waals surface area contributed by atoms with Crippen molar-refractivity contribution in [2.45, 2.75) is 25.8 Å². The van der Waals surface area contributed by atoms with E-state index in [1.807, 2.05) is 25.1 Å². The molecule has 0 radical (unpaired) electrons. The predicted molar refractivity (Wildman–Crippen MR) is 103 cm³/mol. The van der Waals surface area contributed by atoms with Gasteiger partial charge in [-0.1, -0.05) is 18.2 Å². The number of hydrogen-bond acceptors (Lipinski definition) is 3. The summed E-state index contributed by atoms with van der Waals surface area (Å²) in [5.74, 6) is 0.430. The Morgan fingerprint density at radius 3 is 2.81 bits per heavy atom. The maximum atomic E-state index is 14.4. The summed E-state index contributed by atoms with van der Waals surface area (Å²) in [5, 5.41) is 2.99. The largest absolute Gasteiger partial charge is 0.350 e. The summed E-state index contributed by atoms with van der Waals surface area (Å²) in [6, 6.07) is 12.1. The normalized spacial score (nSPS) is 15.9. The van der Waals surface area contributed by atoms with E-state index in [-0.39, 0.29) is 17.8 Å². The quantitative estimate of drug-likeness (QED) is 0.726. The molecule has 0 bridgehead atoms. The third-order valence-corrected chi connectivity index (χ3v) is 5.16. The van der Waals surface area contributed by atoms with Crippen LogP contribution in [-0.4, -0.2) is 40.4 Å². The number of imidazole rings is 1. The molecule has 1 aliphatic rings. The topological polar surface area (TPSA) is 61.0 Å². The van der Waals surface area contributed by atoms with Crippen LogP contribution in [0.25, 0.3) is 11.0 Å². The molecule has 3 aromatic rings. The van der Waals surface area contributed by atoms with Gasteiger partial charge in [0.05, 0.1) is 17.1 Å². The standard InChI is InChI=1S/C21H23FN4O/c1-14-24-18-9-8-15(12-19(18)25-14)21(27)23-13-20(26-10-4-5-11-26)16-6-2-3-7-17(16)22/h2-3,6-9,12,20H,4-5,10-11,13H2,1H3,(H,23,27)(H,24,25)/t20-/m1/s1. The third kappa shape index (κ3) is 3.71. The van der Waals surface area contributed by atoms with Crippen molar-refractivity contribution in [3.8, 4) is 0 Å². The first-order chi connectivity index (χ1) is 13.1. The van der Waals surface area contributed by atoms with Crippen LogP contribution in [0, 0.1) is 12.7 Å². The van der Waals surface area contributed by atoms with E-state index in [2.05, 4.69) is 20.2 Å². The van der Waals surface area contributed by atoms with Crippen LogP contribution >= 0.6 is 0 Å². The molecule has 4 rings (SSSR count). The number of fused-ring (bicyclic) bond motifs is 1. The number of carbonyl (C=O) groups is 1. The second kappa shape index (κ2) is 7.48. The number of hydrogen-bond donors (Lipinski definition) is 2. The van der Waals surface area contributed by atoms with E-state index in [4.69, 9.17) is 0 Å². The average Bonchev–Trinajstić information content (AvgIpc) is 3.31. The summed E-state index contributed by atoms with van der Waals surface area (Å²) in [7, 11) is 0. The molecule has 1 fully saturated rings. The fourth-order valence-electron chi connectivity index (χ4n) is 3.80. The molecule has 5 nitrogen and oxygen atoms in total. The molecule has 0 unspecified atom stereocenters. The van der Waals surface area contributed by atoms with Gasteiger partial charge in [-0.2, -0.15) is 0 Å². The summed E-state index contributed by atoms with van der Waals surface area (Å²) in [5.41, 5.74) is 2.88. The Morgan fingerprint density at radius 2 is 2.04 bits per heavy atom. The number of nitrogens with zero attached hydrogens (tertiary/aromatic N) is 2. The second-order valence-electron chi connectivity index (χ2n) is 7.04. The number of benzene rings is 2. The number of aromatic amines is 1. The molecule has 0 aliphatic carbocycles. The number of likely N-dealkylation sites (tertiary alicyclic amines) is 1. The Hall–Kier alpha value is -2.73. The molecule has 140 valence electrons. The Balaban J connectivity index is 1.52. The maximum absolute atomic E-state index is 14.4. The molecule has 2 aromatic carbocycles. The third-order valence-electron chi connectivity index (χ3n) is 5.16. The highest BCUT2D eigenvalue weighted by atomic mass is 19.1. The molecule has 0 spiro atoms. The zero-order chi connectivity index (χ0) is 18.8. The van der Waals surface area contributed by atoms with E-state index in [0.717, 1.165) is 42.8 Å². The molecule has 2 N–H and O–H groups in total. The predicted octanol–water partition coefficient (Wildman–Crippen LogP) is 3.58. The highest BCUT2D eigenvalue weighted by Crippen LogP contribution is 2.26. The minimum absolute atomic E-state index is 0.157. The van der Waals surface area contributed by atoms with Crippen LogP contribution < -0.4 is 5.32 Å². The molecule has 27 heavy (non-hydrogen) atoms. The van der Waals surface area contributed by atoms with Gasteiger partial charge in [0, 0.05) is 17.7 Å². The number of nitrogens with one attached hydrogen (secondary N) is 2. The van der Waals surface area contributed by atoms with Gasteiger partial charge >= 0.3 is 0 Å². The molecular weight excluding hydrogens is 343 g/mol. The van der Waals surface area contributed by atoms with Gasteiger partial charge in [-0.3, -0.25) is 9.69 Å². The molecule has 2 heterocycles. The fourth-order valence-corrected chi connectivity index (χ4v) is 3.80. The summed E-state index contributed by atoms with van der Waals surface area (Å²) >= 11 is 0. The van der Waals surface area contributed by atoms with Crippen LogP contribution in [0.4, 0.5) is 4.39 Å². The van der Waals surface area contributed by atoms with Gasteiger partial charge in [-0.15, -0.1) is 0 Å². The van der Waals surface area contributed by atoms with Crippen LogP contribution in [0.3, 0.4) is 0 Å². The minimum atomic E-state index is -0.224. The Morgan fingerprint density at radius 1 is 1.26 bits per heavy atom. The van der Waals surface area contributed by atoms with Crippen LogP contribution in [0.15, 0.2) is 42.5 Å². The first-order valence-electron chi connectivity index (χ1n) is 9.35. The van der Waals surface area contributed by atoms with Gasteiger partial charge in [-0.05, 0) is 57.1 Å². The van der Waals surface area contributed by atoms with E-state index >= 15 is 0 Å². The molecule has 1 aliphatic heterocycles. The zero-order valence-electron chi connectivity index (χ0n) is 15.3. The lowest BCUT2D eigenvalue weighted by Gasteiger charge is -2.28. The van der Waals surface area contributed by atoms with E-state index < -0.39 is 0 Å². The number of aryl methyl sites for hydroxylation is 1. The fraction of sp³-hybridized carbons (Fsp3) is 0.333. The van der Waals surface area contributed by atoms with Gasteiger partial charge in [0.15, 0.2) is 0 Å². The summed E-state index contributed by atoms with van der Waals surface area (Å²) in [4.78, 5) is 22.4. The first kappa shape index (κ1) is 17.7. The van der Waals surface area contributed by atoms with E-state index in [1.165, 1.54) is 6.07 Å². The lowest BCUT2D eigenvalue weighted by molar-refractivity contribution is 0.0937. The number of amides is 1. The van der Waals surface area contributed by atoms with Crippen molar-refractivity contribution in [2.24, 2.45) is 0 Å². The maximum Gasteiger partial charge on any atom is 0.251 e. The number of H-pyrrole nitrogens is 1.